The molecule has 0 heterocycles. The van der Waals surface area contributed by atoms with E-state index < -0.39 is 0 Å². The number of amides is 1. The van der Waals surface area contributed by atoms with Crippen molar-refractivity contribution in [1.82, 2.24) is 0 Å². The predicted molar refractivity (Wildman–Crippen MR) is 87.5 cm³/mol. The molecule has 0 aliphatic heterocycles. The molecule has 3 N–H and O–H groups in total. The van der Waals surface area contributed by atoms with Gasteiger partial charge in [-0.1, -0.05) is 26.8 Å². The van der Waals surface area contributed by atoms with Crippen molar-refractivity contribution in [3.8, 4) is 5.75 Å². The summed E-state index contributed by atoms with van der Waals surface area (Å²) in [6.07, 6.45) is 3.24. The maximum absolute atomic E-state index is 12.0. The second-order valence-corrected chi connectivity index (χ2v) is 6.13. The first-order valence-electron chi connectivity index (χ1n) is 7.69. The minimum atomic E-state index is 0.0349. The molecule has 0 atom stereocenters. The minimum absolute atomic E-state index is 0.0349. The summed E-state index contributed by atoms with van der Waals surface area (Å²) < 4.78 is 5.56. The number of nitrogens with two attached hydrogens (primary N) is 1. The van der Waals surface area contributed by atoms with Crippen molar-refractivity contribution in [1.29, 1.82) is 0 Å². The second kappa shape index (κ2) is 8.67. The number of carbonyl (C=O) groups is 1. The summed E-state index contributed by atoms with van der Waals surface area (Å²) in [5.74, 6) is 0.825. The third-order valence-corrected chi connectivity index (χ3v) is 3.44. The van der Waals surface area contributed by atoms with Gasteiger partial charge in [0.2, 0.25) is 5.91 Å². The van der Waals surface area contributed by atoms with Crippen molar-refractivity contribution < 1.29 is 9.53 Å². The van der Waals surface area contributed by atoms with E-state index >= 15 is 0 Å². The fourth-order valence-corrected chi connectivity index (χ4v) is 2.07. The number of hydrogen-bond donors (Lipinski definition) is 2. The zero-order valence-corrected chi connectivity index (χ0v) is 13.4. The molecule has 4 nitrogen and oxygen atoms in total. The Kier molecular flexibility index (Phi) is 7.23. The van der Waals surface area contributed by atoms with Crippen LogP contribution in [0.25, 0.3) is 0 Å². The molecular weight excluding hydrogens is 264 g/mol. The van der Waals surface area contributed by atoms with Crippen LogP contribution in [0.2, 0.25) is 0 Å². The smallest absolute Gasteiger partial charge is 0.224 e. The molecule has 0 fully saturated rings. The van der Waals surface area contributed by atoms with Crippen molar-refractivity contribution in [2.24, 2.45) is 11.1 Å². The Balaban J connectivity index is 2.47. The van der Waals surface area contributed by atoms with Gasteiger partial charge in [-0.25, -0.2) is 0 Å². The molecular formula is C17H28N2O2. The highest BCUT2D eigenvalue weighted by Gasteiger charge is 2.18. The van der Waals surface area contributed by atoms with Gasteiger partial charge >= 0.3 is 0 Å². The molecule has 0 aliphatic rings. The van der Waals surface area contributed by atoms with E-state index in [1.807, 2.05) is 24.3 Å². The first-order valence-corrected chi connectivity index (χ1v) is 7.69. The molecule has 1 amide bonds. The maximum Gasteiger partial charge on any atom is 0.224 e. The van der Waals surface area contributed by atoms with Gasteiger partial charge in [-0.2, -0.15) is 0 Å². The molecule has 0 aliphatic carbocycles. The zero-order valence-electron chi connectivity index (χ0n) is 13.4. The lowest BCUT2D eigenvalue weighted by atomic mass is 9.84. The van der Waals surface area contributed by atoms with Gasteiger partial charge in [0, 0.05) is 18.2 Å². The van der Waals surface area contributed by atoms with Gasteiger partial charge in [0.15, 0.2) is 0 Å². The number of carbonyl (C=O) groups excluding carboxylic acids is 1. The second-order valence-electron chi connectivity index (χ2n) is 6.13. The van der Waals surface area contributed by atoms with Gasteiger partial charge in [-0.3, -0.25) is 4.79 Å². The van der Waals surface area contributed by atoms with Gasteiger partial charge in [0.05, 0.1) is 6.61 Å². The van der Waals surface area contributed by atoms with Gasteiger partial charge < -0.3 is 15.8 Å². The average molecular weight is 292 g/mol. The molecule has 0 bridgehead atoms. The SMILES string of the molecule is CCCOc1cccc(NC(=O)CCC(C)(C)CCN)c1. The average Bonchev–Trinajstić information content (AvgIpc) is 2.43. The van der Waals surface area contributed by atoms with Crippen LogP contribution in [0.15, 0.2) is 24.3 Å². The topological polar surface area (TPSA) is 64.3 Å². The molecule has 21 heavy (non-hydrogen) atoms. The lowest BCUT2D eigenvalue weighted by molar-refractivity contribution is -0.116. The third kappa shape index (κ3) is 7.14. The van der Waals surface area contributed by atoms with Gasteiger partial charge in [-0.05, 0) is 43.4 Å². The van der Waals surface area contributed by atoms with Crippen molar-refractivity contribution in [2.45, 2.75) is 46.5 Å². The Labute approximate surface area is 128 Å². The quantitative estimate of drug-likeness (QED) is 0.731. The molecule has 0 spiro atoms. The molecule has 0 saturated heterocycles. The summed E-state index contributed by atoms with van der Waals surface area (Å²) >= 11 is 0. The summed E-state index contributed by atoms with van der Waals surface area (Å²) in [5, 5.41) is 2.92. The molecule has 118 valence electrons. The van der Waals surface area contributed by atoms with Crippen LogP contribution in [-0.2, 0) is 4.79 Å². The monoisotopic (exact) mass is 292 g/mol. The van der Waals surface area contributed by atoms with E-state index in [0.29, 0.717) is 19.6 Å². The standard InChI is InChI=1S/C17H28N2O2/c1-4-12-21-15-7-5-6-14(13-15)19-16(20)8-9-17(2,3)10-11-18/h5-7,13H,4,8-12,18H2,1-3H3,(H,19,20). The highest BCUT2D eigenvalue weighted by molar-refractivity contribution is 5.90. The van der Waals surface area contributed by atoms with E-state index in [2.05, 4.69) is 26.1 Å². The van der Waals surface area contributed by atoms with Gasteiger partial charge in [-0.15, -0.1) is 0 Å². The first-order chi connectivity index (χ1) is 9.96. The number of rotatable bonds is 9. The minimum Gasteiger partial charge on any atom is -0.494 e. The van der Waals surface area contributed by atoms with Crippen LogP contribution in [0.3, 0.4) is 0 Å². The molecule has 0 aromatic heterocycles. The molecule has 1 aromatic carbocycles. The van der Waals surface area contributed by atoms with Crippen LogP contribution in [0, 0.1) is 5.41 Å². The normalized spacial score (nSPS) is 11.2. The molecule has 4 heteroatoms. The first kappa shape index (κ1) is 17.5. The highest BCUT2D eigenvalue weighted by atomic mass is 16.5. The summed E-state index contributed by atoms with van der Waals surface area (Å²) in [6.45, 7) is 7.70. The lowest BCUT2D eigenvalue weighted by Crippen LogP contribution is -2.20. The highest BCUT2D eigenvalue weighted by Crippen LogP contribution is 2.26. The molecule has 0 radical (unpaired) electrons. The summed E-state index contributed by atoms with van der Waals surface area (Å²) in [5.41, 5.74) is 6.48. The Morgan fingerprint density at radius 3 is 2.76 bits per heavy atom. The molecule has 1 aromatic rings. The third-order valence-electron chi connectivity index (χ3n) is 3.44. The fraction of sp³-hybridized carbons (Fsp3) is 0.588. The van der Waals surface area contributed by atoms with Crippen molar-refractivity contribution in [2.75, 3.05) is 18.5 Å². The van der Waals surface area contributed by atoms with Crippen molar-refractivity contribution in [3.63, 3.8) is 0 Å². The molecule has 0 unspecified atom stereocenters. The number of benzene rings is 1. The Morgan fingerprint density at radius 2 is 2.10 bits per heavy atom. The van der Waals surface area contributed by atoms with E-state index in [0.717, 1.165) is 30.7 Å². The van der Waals surface area contributed by atoms with Crippen LogP contribution < -0.4 is 15.8 Å². The van der Waals surface area contributed by atoms with Crippen LogP contribution in [0.4, 0.5) is 5.69 Å². The van der Waals surface area contributed by atoms with Crippen LogP contribution >= 0.6 is 0 Å². The number of hydrogen-bond acceptors (Lipinski definition) is 3. The maximum atomic E-state index is 12.0. The number of ether oxygens (including phenoxy) is 1. The Morgan fingerprint density at radius 1 is 1.33 bits per heavy atom. The van der Waals surface area contributed by atoms with Crippen molar-refractivity contribution >= 4 is 11.6 Å². The zero-order chi connectivity index (χ0) is 15.7. The Hall–Kier alpha value is -1.55. The van der Waals surface area contributed by atoms with E-state index in [9.17, 15) is 4.79 Å². The molecule has 1 rings (SSSR count). The Bertz CT molecular complexity index is 444. The van der Waals surface area contributed by atoms with Gasteiger partial charge in [0.25, 0.3) is 0 Å². The number of nitrogens with one attached hydrogen (secondary N) is 1. The fourth-order valence-electron chi connectivity index (χ4n) is 2.07. The van der Waals surface area contributed by atoms with E-state index in [4.69, 9.17) is 10.5 Å². The molecule has 0 saturated carbocycles. The van der Waals surface area contributed by atoms with Crippen molar-refractivity contribution in [3.05, 3.63) is 24.3 Å². The van der Waals surface area contributed by atoms with Crippen LogP contribution in [0.5, 0.6) is 5.75 Å². The van der Waals surface area contributed by atoms with E-state index in [1.165, 1.54) is 0 Å². The van der Waals surface area contributed by atoms with Crippen LogP contribution in [0.1, 0.15) is 46.5 Å². The van der Waals surface area contributed by atoms with E-state index in [-0.39, 0.29) is 11.3 Å². The van der Waals surface area contributed by atoms with Gasteiger partial charge in [0.1, 0.15) is 5.75 Å². The van der Waals surface area contributed by atoms with E-state index in [1.54, 1.807) is 0 Å². The summed E-state index contributed by atoms with van der Waals surface area (Å²) in [6, 6.07) is 7.52. The summed E-state index contributed by atoms with van der Waals surface area (Å²) in [7, 11) is 0. The predicted octanol–water partition coefficient (Wildman–Crippen LogP) is 3.57. The van der Waals surface area contributed by atoms with Crippen LogP contribution in [-0.4, -0.2) is 19.1 Å². The number of anilines is 1. The largest absolute Gasteiger partial charge is 0.494 e. The summed E-state index contributed by atoms with van der Waals surface area (Å²) in [4.78, 5) is 12.0. The lowest BCUT2D eigenvalue weighted by Gasteiger charge is -2.23.